The van der Waals surface area contributed by atoms with Gasteiger partial charge in [-0.3, -0.25) is 0 Å². The molecule has 2 aromatic carbocycles. The normalized spacial score (nSPS) is 12.4. The van der Waals surface area contributed by atoms with Gasteiger partial charge in [0.1, 0.15) is 11.6 Å². The first kappa shape index (κ1) is 29.6. The summed E-state index contributed by atoms with van der Waals surface area (Å²) in [6, 6.07) is 17.0. The molecule has 1 unspecified atom stereocenters. The number of nitrogens with zero attached hydrogens (tertiary/aromatic N) is 2. The maximum atomic E-state index is 13.3. The van der Waals surface area contributed by atoms with Crippen molar-refractivity contribution < 1.29 is 36.2 Å². The van der Waals surface area contributed by atoms with Gasteiger partial charge in [0.2, 0.25) is 0 Å². The highest BCUT2D eigenvalue weighted by Crippen LogP contribution is 2.37. The fourth-order valence-corrected chi connectivity index (χ4v) is 4.40. The summed E-state index contributed by atoms with van der Waals surface area (Å²) in [5, 5.41) is 14.8. The molecule has 11 heteroatoms. The highest BCUT2D eigenvalue weighted by Gasteiger charge is 2.23. The van der Waals surface area contributed by atoms with Gasteiger partial charge in [-0.25, -0.2) is 9.37 Å². The van der Waals surface area contributed by atoms with E-state index >= 15 is 0 Å². The number of rotatable bonds is 12. The Morgan fingerprint density at radius 2 is 1.49 bits per heavy atom. The molecule has 0 amide bonds. The Labute approximate surface area is 234 Å². The van der Waals surface area contributed by atoms with E-state index in [1.807, 2.05) is 19.9 Å². The molecule has 0 aliphatic heterocycles. The van der Waals surface area contributed by atoms with Crippen LogP contribution in [0.3, 0.4) is 0 Å². The number of ether oxygens (including phenoxy) is 2. The number of nitrogens with one attached hydrogen (secondary N) is 1. The Morgan fingerprint density at radius 1 is 0.854 bits per heavy atom. The molecule has 4 rings (SSSR count). The molecule has 0 saturated carbocycles. The topological polar surface area (TPSA) is 70.3 Å². The average Bonchev–Trinajstić information content (AvgIpc) is 2.93. The van der Waals surface area contributed by atoms with E-state index in [4.69, 9.17) is 0 Å². The molecular weight excluding hydrogens is 545 g/mol. The van der Waals surface area contributed by atoms with Crippen LogP contribution in [0.25, 0.3) is 0 Å². The number of hydrogen-bond donors (Lipinski definition) is 1. The molecule has 6 nitrogen and oxygen atoms in total. The van der Waals surface area contributed by atoms with Gasteiger partial charge in [-0.15, -0.1) is 0 Å². The van der Waals surface area contributed by atoms with Crippen molar-refractivity contribution in [3.63, 3.8) is 0 Å². The lowest BCUT2D eigenvalue weighted by molar-refractivity contribution is -0.605. The van der Waals surface area contributed by atoms with Gasteiger partial charge in [0.25, 0.3) is 0 Å². The van der Waals surface area contributed by atoms with Gasteiger partial charge >= 0.3 is 13.2 Å². The summed E-state index contributed by atoms with van der Waals surface area (Å²) in [6.45, 7) is -1.94. The highest BCUT2D eigenvalue weighted by atomic mass is 19.3. The van der Waals surface area contributed by atoms with E-state index in [0.29, 0.717) is 34.6 Å². The van der Waals surface area contributed by atoms with Crippen LogP contribution >= 0.6 is 0 Å². The van der Waals surface area contributed by atoms with Crippen LogP contribution < -0.4 is 19.5 Å². The van der Waals surface area contributed by atoms with E-state index in [2.05, 4.69) is 19.8 Å². The third-order valence-corrected chi connectivity index (χ3v) is 6.64. The van der Waals surface area contributed by atoms with Gasteiger partial charge in [-0.1, -0.05) is 38.1 Å². The van der Waals surface area contributed by atoms with Crippen LogP contribution in [0.2, 0.25) is 0 Å². The SMILES string of the molecule is CC(C)(CNc1ccc(C(Cc2cc[n+]([O-])cc2)c2ccc(OC(F)F)c(OC(F)F)c2)cn1)c1ccc(F)cc1. The molecule has 0 spiro atoms. The predicted molar refractivity (Wildman–Crippen MR) is 143 cm³/mol. The molecule has 0 aliphatic rings. The first-order chi connectivity index (χ1) is 19.5. The van der Waals surface area contributed by atoms with E-state index in [9.17, 15) is 27.2 Å². The molecule has 0 aliphatic carbocycles. The van der Waals surface area contributed by atoms with Crippen molar-refractivity contribution in [3.8, 4) is 11.5 Å². The zero-order valence-corrected chi connectivity index (χ0v) is 22.2. The van der Waals surface area contributed by atoms with E-state index in [1.54, 1.807) is 36.5 Å². The Bertz CT molecular complexity index is 1420. The number of pyridine rings is 2. The van der Waals surface area contributed by atoms with Crippen LogP contribution in [0.15, 0.2) is 85.3 Å². The van der Waals surface area contributed by atoms with Crippen LogP contribution in [-0.2, 0) is 11.8 Å². The average molecular weight is 574 g/mol. The first-order valence-electron chi connectivity index (χ1n) is 12.7. The molecule has 2 aromatic heterocycles. The lowest BCUT2D eigenvalue weighted by Crippen LogP contribution is -2.27. The zero-order chi connectivity index (χ0) is 29.6. The highest BCUT2D eigenvalue weighted by molar-refractivity contribution is 5.48. The Balaban J connectivity index is 1.61. The van der Waals surface area contributed by atoms with Gasteiger partial charge < -0.3 is 20.0 Å². The van der Waals surface area contributed by atoms with E-state index in [0.717, 1.165) is 17.2 Å². The summed E-state index contributed by atoms with van der Waals surface area (Å²) in [7, 11) is 0. The second-order valence-electron chi connectivity index (χ2n) is 10.0. The van der Waals surface area contributed by atoms with Crippen LogP contribution in [0.1, 0.15) is 42.0 Å². The molecule has 4 aromatic rings. The smallest absolute Gasteiger partial charge is 0.387 e. The second-order valence-corrected chi connectivity index (χ2v) is 10.0. The lowest BCUT2D eigenvalue weighted by Gasteiger charge is -2.26. The molecule has 0 bridgehead atoms. The molecule has 2 heterocycles. The molecule has 1 N–H and O–H groups in total. The van der Waals surface area contributed by atoms with E-state index < -0.39 is 30.6 Å². The maximum absolute atomic E-state index is 13.3. The summed E-state index contributed by atoms with van der Waals surface area (Å²) in [5.74, 6) is -1.23. The monoisotopic (exact) mass is 573 g/mol. The summed E-state index contributed by atoms with van der Waals surface area (Å²) in [4.78, 5) is 4.52. The summed E-state index contributed by atoms with van der Waals surface area (Å²) in [6.07, 6.45) is 4.65. The van der Waals surface area contributed by atoms with Crippen LogP contribution in [0, 0.1) is 11.0 Å². The first-order valence-corrected chi connectivity index (χ1v) is 12.7. The third-order valence-electron chi connectivity index (χ3n) is 6.64. The van der Waals surface area contributed by atoms with Gasteiger partial charge in [-0.05, 0) is 59.0 Å². The minimum absolute atomic E-state index is 0.309. The number of halogens is 5. The number of alkyl halides is 4. The Kier molecular flexibility index (Phi) is 9.26. The molecule has 1 atom stereocenters. The van der Waals surface area contributed by atoms with Gasteiger partial charge in [0.05, 0.1) is 0 Å². The number of aromatic nitrogens is 2. The summed E-state index contributed by atoms with van der Waals surface area (Å²) in [5.41, 5.74) is 2.59. The third kappa shape index (κ3) is 8.06. The standard InChI is InChI=1S/C30H28F5N3O3/c1-30(2,22-5-7-23(31)8-6-22)18-37-27-10-4-21(17-36-27)24(15-19-11-13-38(39)14-12-19)20-3-9-25(40-28(32)33)26(16-20)41-29(34)35/h3-14,16-17,24,28-29H,15,18H2,1-2H3,(H,36,37). The van der Waals surface area contributed by atoms with Crippen molar-refractivity contribution >= 4 is 5.82 Å². The number of benzene rings is 2. The fraction of sp³-hybridized carbons (Fsp3) is 0.267. The van der Waals surface area contributed by atoms with Crippen molar-refractivity contribution in [2.24, 2.45) is 0 Å². The predicted octanol–water partition coefficient (Wildman–Crippen LogP) is 6.82. The number of hydrogen-bond acceptors (Lipinski definition) is 5. The summed E-state index contributed by atoms with van der Waals surface area (Å²) < 4.78 is 74.7. The molecule has 0 radical (unpaired) electrons. The van der Waals surface area contributed by atoms with E-state index in [1.165, 1.54) is 36.7 Å². The van der Waals surface area contributed by atoms with E-state index in [-0.39, 0.29) is 11.2 Å². The molecule has 216 valence electrons. The van der Waals surface area contributed by atoms with Gasteiger partial charge in [-0.2, -0.15) is 22.3 Å². The summed E-state index contributed by atoms with van der Waals surface area (Å²) >= 11 is 0. The second kappa shape index (κ2) is 12.8. The minimum atomic E-state index is -3.25. The van der Waals surface area contributed by atoms with Crippen LogP contribution in [0.5, 0.6) is 11.5 Å². The van der Waals surface area contributed by atoms with Crippen molar-refractivity contribution in [3.05, 3.63) is 119 Å². The van der Waals surface area contributed by atoms with Crippen molar-refractivity contribution in [1.29, 1.82) is 0 Å². The fourth-order valence-electron chi connectivity index (χ4n) is 4.40. The van der Waals surface area contributed by atoms with Crippen LogP contribution in [-0.4, -0.2) is 24.8 Å². The molecular formula is C30H28F5N3O3. The lowest BCUT2D eigenvalue weighted by atomic mass is 9.84. The molecule has 0 saturated heterocycles. The molecule has 41 heavy (non-hydrogen) atoms. The van der Waals surface area contributed by atoms with Crippen molar-refractivity contribution in [2.45, 2.75) is 44.8 Å². The largest absolute Gasteiger partial charge is 0.619 e. The van der Waals surface area contributed by atoms with Crippen LogP contribution in [0.4, 0.5) is 27.8 Å². The number of anilines is 1. The minimum Gasteiger partial charge on any atom is -0.619 e. The van der Waals surface area contributed by atoms with Gasteiger partial charge in [0, 0.05) is 36.2 Å². The Hall–Kier alpha value is -4.41. The zero-order valence-electron chi connectivity index (χ0n) is 22.2. The Morgan fingerprint density at radius 3 is 2.10 bits per heavy atom. The van der Waals surface area contributed by atoms with Crippen molar-refractivity contribution in [2.75, 3.05) is 11.9 Å². The molecule has 0 fully saturated rings. The maximum Gasteiger partial charge on any atom is 0.387 e. The van der Waals surface area contributed by atoms with Crippen molar-refractivity contribution in [1.82, 2.24) is 4.98 Å². The van der Waals surface area contributed by atoms with Gasteiger partial charge in [0.15, 0.2) is 23.9 Å². The quantitative estimate of drug-likeness (QED) is 0.114.